The van der Waals surface area contributed by atoms with Crippen molar-refractivity contribution in [1.29, 1.82) is 0 Å². The highest BCUT2D eigenvalue weighted by molar-refractivity contribution is 7.09. The second-order valence-electron chi connectivity index (χ2n) is 3.84. The van der Waals surface area contributed by atoms with Gasteiger partial charge in [0.2, 0.25) is 0 Å². The molecule has 0 aliphatic heterocycles. The minimum absolute atomic E-state index is 0.135. The Labute approximate surface area is 104 Å². The van der Waals surface area contributed by atoms with E-state index in [1.54, 1.807) is 11.6 Å². The third-order valence-electron chi connectivity index (χ3n) is 2.44. The zero-order chi connectivity index (χ0) is 12.4. The molecule has 1 atom stereocenters. The molecule has 0 saturated carbocycles. The van der Waals surface area contributed by atoms with Crippen molar-refractivity contribution >= 4 is 17.2 Å². The fourth-order valence-electron chi connectivity index (χ4n) is 1.60. The van der Waals surface area contributed by atoms with Crippen LogP contribution in [0.3, 0.4) is 0 Å². The van der Waals surface area contributed by atoms with Gasteiger partial charge in [-0.05, 0) is 13.8 Å². The highest BCUT2D eigenvalue weighted by Gasteiger charge is 2.16. The van der Waals surface area contributed by atoms with Gasteiger partial charge in [0.25, 0.3) is 5.91 Å². The standard InChI is InChI=1S/C11H14N4OS/c1-7(10-12-4-5-15(10)3)13-11(16)9-6-17-8(2)14-9/h4-7H,1-3H3,(H,13,16). The predicted octanol–water partition coefficient (Wildman–Crippen LogP) is 1.68. The minimum Gasteiger partial charge on any atom is -0.341 e. The van der Waals surface area contributed by atoms with Crippen molar-refractivity contribution < 1.29 is 4.79 Å². The molecule has 0 aliphatic carbocycles. The van der Waals surface area contributed by atoms with Crippen molar-refractivity contribution in [3.8, 4) is 0 Å². The van der Waals surface area contributed by atoms with Gasteiger partial charge in [0.1, 0.15) is 11.5 Å². The molecule has 2 heterocycles. The van der Waals surface area contributed by atoms with Crippen LogP contribution in [0.25, 0.3) is 0 Å². The summed E-state index contributed by atoms with van der Waals surface area (Å²) in [6.07, 6.45) is 3.57. The van der Waals surface area contributed by atoms with Gasteiger partial charge in [-0.25, -0.2) is 9.97 Å². The average molecular weight is 250 g/mol. The molecule has 0 bridgehead atoms. The van der Waals surface area contributed by atoms with Crippen molar-refractivity contribution in [3.05, 3.63) is 34.3 Å². The molecule has 17 heavy (non-hydrogen) atoms. The number of carbonyl (C=O) groups excluding carboxylic acids is 1. The van der Waals surface area contributed by atoms with Crippen molar-refractivity contribution in [2.45, 2.75) is 19.9 Å². The lowest BCUT2D eigenvalue weighted by Gasteiger charge is -2.12. The third kappa shape index (κ3) is 2.52. The van der Waals surface area contributed by atoms with Gasteiger partial charge in [-0.1, -0.05) is 0 Å². The van der Waals surface area contributed by atoms with Gasteiger partial charge in [-0.3, -0.25) is 4.79 Å². The molecule has 1 unspecified atom stereocenters. The predicted molar refractivity (Wildman–Crippen MR) is 65.9 cm³/mol. The lowest BCUT2D eigenvalue weighted by molar-refractivity contribution is 0.0933. The van der Waals surface area contributed by atoms with Crippen LogP contribution in [0.15, 0.2) is 17.8 Å². The number of aryl methyl sites for hydroxylation is 2. The highest BCUT2D eigenvalue weighted by Crippen LogP contribution is 2.12. The lowest BCUT2D eigenvalue weighted by atomic mass is 10.3. The van der Waals surface area contributed by atoms with Crippen LogP contribution in [0, 0.1) is 6.92 Å². The Hall–Kier alpha value is -1.69. The molecule has 1 amide bonds. The van der Waals surface area contributed by atoms with Crippen LogP contribution in [0.2, 0.25) is 0 Å². The number of amides is 1. The number of thiazole rings is 1. The summed E-state index contributed by atoms with van der Waals surface area (Å²) < 4.78 is 1.89. The molecule has 1 N–H and O–H groups in total. The molecule has 2 rings (SSSR count). The van der Waals surface area contributed by atoms with E-state index in [-0.39, 0.29) is 11.9 Å². The SMILES string of the molecule is Cc1nc(C(=O)NC(C)c2nccn2C)cs1. The molecule has 2 aromatic heterocycles. The van der Waals surface area contributed by atoms with Gasteiger partial charge in [0.15, 0.2) is 0 Å². The van der Waals surface area contributed by atoms with Crippen LogP contribution in [0.4, 0.5) is 0 Å². The molecule has 2 aromatic rings. The Bertz CT molecular complexity index is 531. The third-order valence-corrected chi connectivity index (χ3v) is 3.22. The van der Waals surface area contributed by atoms with Gasteiger partial charge in [0, 0.05) is 24.8 Å². The van der Waals surface area contributed by atoms with E-state index in [1.807, 2.05) is 31.7 Å². The number of nitrogens with one attached hydrogen (secondary N) is 1. The molecule has 0 fully saturated rings. The lowest BCUT2D eigenvalue weighted by Crippen LogP contribution is -2.28. The van der Waals surface area contributed by atoms with Crippen molar-refractivity contribution in [3.63, 3.8) is 0 Å². The maximum absolute atomic E-state index is 11.9. The number of rotatable bonds is 3. The van der Waals surface area contributed by atoms with Crippen LogP contribution in [0.1, 0.15) is 34.3 Å². The van der Waals surface area contributed by atoms with E-state index in [0.717, 1.165) is 10.8 Å². The largest absolute Gasteiger partial charge is 0.341 e. The fourth-order valence-corrected chi connectivity index (χ4v) is 2.19. The Morgan fingerprint density at radius 1 is 1.59 bits per heavy atom. The first-order valence-corrected chi connectivity index (χ1v) is 6.16. The topological polar surface area (TPSA) is 59.8 Å². The zero-order valence-corrected chi connectivity index (χ0v) is 10.8. The second-order valence-corrected chi connectivity index (χ2v) is 4.91. The first kappa shape index (κ1) is 11.8. The number of hydrogen-bond acceptors (Lipinski definition) is 4. The van der Waals surface area contributed by atoms with E-state index in [1.165, 1.54) is 11.3 Å². The maximum Gasteiger partial charge on any atom is 0.271 e. The number of nitrogens with zero attached hydrogens (tertiary/aromatic N) is 3. The second kappa shape index (κ2) is 4.67. The summed E-state index contributed by atoms with van der Waals surface area (Å²) in [5, 5.41) is 5.52. The fraction of sp³-hybridized carbons (Fsp3) is 0.364. The van der Waals surface area contributed by atoms with Crippen LogP contribution >= 0.6 is 11.3 Å². The molecular formula is C11H14N4OS. The molecule has 0 aromatic carbocycles. The van der Waals surface area contributed by atoms with E-state index in [0.29, 0.717) is 5.69 Å². The Balaban J connectivity index is 2.07. The summed E-state index contributed by atoms with van der Waals surface area (Å²) in [4.78, 5) is 20.2. The van der Waals surface area contributed by atoms with E-state index in [9.17, 15) is 4.79 Å². The number of carbonyl (C=O) groups is 1. The van der Waals surface area contributed by atoms with E-state index < -0.39 is 0 Å². The zero-order valence-electron chi connectivity index (χ0n) is 9.97. The molecule has 0 radical (unpaired) electrons. The minimum atomic E-state index is -0.162. The van der Waals surface area contributed by atoms with E-state index in [2.05, 4.69) is 15.3 Å². The van der Waals surface area contributed by atoms with Crippen molar-refractivity contribution in [2.24, 2.45) is 7.05 Å². The summed E-state index contributed by atoms with van der Waals surface area (Å²) in [7, 11) is 1.90. The van der Waals surface area contributed by atoms with Gasteiger partial charge in [-0.2, -0.15) is 0 Å². The summed E-state index contributed by atoms with van der Waals surface area (Å²) in [5.41, 5.74) is 0.466. The highest BCUT2D eigenvalue weighted by atomic mass is 32.1. The van der Waals surface area contributed by atoms with Gasteiger partial charge in [-0.15, -0.1) is 11.3 Å². The molecule has 6 heteroatoms. The normalized spacial score (nSPS) is 12.4. The molecule has 90 valence electrons. The Kier molecular flexibility index (Phi) is 3.23. The Morgan fingerprint density at radius 2 is 2.35 bits per heavy atom. The summed E-state index contributed by atoms with van der Waals surface area (Å²) in [5.74, 6) is 0.662. The number of aromatic nitrogens is 3. The van der Waals surface area contributed by atoms with Gasteiger partial charge in [0.05, 0.1) is 11.0 Å². The average Bonchev–Trinajstić information content (AvgIpc) is 2.86. The molecule has 0 spiro atoms. The van der Waals surface area contributed by atoms with Crippen LogP contribution < -0.4 is 5.32 Å². The van der Waals surface area contributed by atoms with E-state index in [4.69, 9.17) is 0 Å². The van der Waals surface area contributed by atoms with E-state index >= 15 is 0 Å². The summed E-state index contributed by atoms with van der Waals surface area (Å²) >= 11 is 1.47. The monoisotopic (exact) mass is 250 g/mol. The molecular weight excluding hydrogens is 236 g/mol. The van der Waals surface area contributed by atoms with Gasteiger partial charge < -0.3 is 9.88 Å². The number of imidazole rings is 1. The maximum atomic E-state index is 11.9. The molecule has 0 aliphatic rings. The van der Waals surface area contributed by atoms with Gasteiger partial charge >= 0.3 is 0 Å². The number of hydrogen-bond donors (Lipinski definition) is 1. The van der Waals surface area contributed by atoms with Crippen LogP contribution in [-0.2, 0) is 7.05 Å². The smallest absolute Gasteiger partial charge is 0.271 e. The first-order valence-electron chi connectivity index (χ1n) is 5.28. The molecule has 0 saturated heterocycles. The van der Waals surface area contributed by atoms with Crippen molar-refractivity contribution in [1.82, 2.24) is 19.9 Å². The summed E-state index contributed by atoms with van der Waals surface area (Å²) in [6, 6.07) is -0.135. The van der Waals surface area contributed by atoms with Crippen molar-refractivity contribution in [2.75, 3.05) is 0 Å². The Morgan fingerprint density at radius 3 is 2.88 bits per heavy atom. The first-order chi connectivity index (χ1) is 8.08. The summed E-state index contributed by atoms with van der Waals surface area (Å²) in [6.45, 7) is 3.78. The quantitative estimate of drug-likeness (QED) is 0.901. The molecule has 5 nitrogen and oxygen atoms in total. The van der Waals surface area contributed by atoms with Crippen LogP contribution in [0.5, 0.6) is 0 Å². The van der Waals surface area contributed by atoms with Crippen LogP contribution in [-0.4, -0.2) is 20.4 Å².